The fourth-order valence-corrected chi connectivity index (χ4v) is 3.76. The predicted molar refractivity (Wildman–Crippen MR) is 112 cm³/mol. The molecule has 1 atom stereocenters. The molecular formula is C22H26N2O6. The van der Waals surface area contributed by atoms with Gasteiger partial charge >= 0.3 is 12.0 Å². The molecule has 0 spiro atoms. The van der Waals surface area contributed by atoms with Crippen LogP contribution in [0.25, 0.3) is 0 Å². The molecule has 2 aromatic carbocycles. The van der Waals surface area contributed by atoms with Gasteiger partial charge in [-0.15, -0.1) is 0 Å². The second kappa shape index (κ2) is 8.94. The molecule has 2 aromatic rings. The summed E-state index contributed by atoms with van der Waals surface area (Å²) in [5.74, 6) is 0.614. The van der Waals surface area contributed by atoms with Crippen LogP contribution >= 0.6 is 0 Å². The molecule has 3 rings (SSSR count). The molecule has 8 heteroatoms. The first-order valence-electron chi connectivity index (χ1n) is 9.56. The lowest BCUT2D eigenvalue weighted by Gasteiger charge is -2.37. The number of anilines is 1. The van der Waals surface area contributed by atoms with Gasteiger partial charge < -0.3 is 29.5 Å². The fourth-order valence-electron chi connectivity index (χ4n) is 3.76. The minimum Gasteiger partial charge on any atom is -0.495 e. The van der Waals surface area contributed by atoms with E-state index >= 15 is 0 Å². The quantitative estimate of drug-likeness (QED) is 0.749. The Morgan fingerprint density at radius 1 is 1.07 bits per heavy atom. The van der Waals surface area contributed by atoms with Crippen molar-refractivity contribution in [2.45, 2.75) is 25.8 Å². The number of carboxylic acids is 1. The Labute approximate surface area is 175 Å². The second-order valence-corrected chi connectivity index (χ2v) is 7.10. The first kappa shape index (κ1) is 21.3. The molecule has 8 nitrogen and oxygen atoms in total. The number of urea groups is 1. The molecule has 1 aliphatic rings. The van der Waals surface area contributed by atoms with Crippen LogP contribution in [0.2, 0.25) is 0 Å². The maximum Gasteiger partial charge on any atom is 0.322 e. The molecule has 2 N–H and O–H groups in total. The summed E-state index contributed by atoms with van der Waals surface area (Å²) in [4.78, 5) is 26.3. The van der Waals surface area contributed by atoms with E-state index in [4.69, 9.17) is 14.2 Å². The van der Waals surface area contributed by atoms with Gasteiger partial charge in [0.25, 0.3) is 0 Å². The summed E-state index contributed by atoms with van der Waals surface area (Å²) in [6, 6.07) is 8.07. The number of rotatable bonds is 6. The van der Waals surface area contributed by atoms with Gasteiger partial charge in [0, 0.05) is 6.54 Å². The topological polar surface area (TPSA) is 97.3 Å². The van der Waals surface area contributed by atoms with Crippen molar-refractivity contribution in [1.82, 2.24) is 4.90 Å². The van der Waals surface area contributed by atoms with Crippen LogP contribution in [-0.4, -0.2) is 49.9 Å². The molecule has 0 bridgehead atoms. The van der Waals surface area contributed by atoms with Crippen LogP contribution in [-0.2, 0) is 11.2 Å². The molecule has 0 radical (unpaired) electrons. The average molecular weight is 414 g/mol. The number of carbonyl (C=O) groups is 2. The lowest BCUT2D eigenvalue weighted by Crippen LogP contribution is -2.43. The smallest absolute Gasteiger partial charge is 0.322 e. The molecule has 0 saturated heterocycles. The van der Waals surface area contributed by atoms with Crippen molar-refractivity contribution < 1.29 is 28.9 Å². The van der Waals surface area contributed by atoms with Gasteiger partial charge in [-0.2, -0.15) is 0 Å². The number of hydrogen-bond acceptors (Lipinski definition) is 5. The number of methoxy groups -OCH3 is 3. The van der Waals surface area contributed by atoms with E-state index in [1.54, 1.807) is 24.1 Å². The number of carboxylic acid groups (broad SMARTS) is 1. The van der Waals surface area contributed by atoms with Crippen molar-refractivity contribution in [3.8, 4) is 17.2 Å². The maximum absolute atomic E-state index is 13.1. The van der Waals surface area contributed by atoms with E-state index in [1.165, 1.54) is 14.2 Å². The number of carbonyl (C=O) groups excluding carboxylic acids is 1. The number of nitrogens with one attached hydrogen (secondary N) is 1. The zero-order chi connectivity index (χ0) is 21.8. The number of fused-ring (bicyclic) bond motifs is 1. The highest BCUT2D eigenvalue weighted by Crippen LogP contribution is 2.40. The van der Waals surface area contributed by atoms with Crippen LogP contribution in [0.3, 0.4) is 0 Å². The Morgan fingerprint density at radius 2 is 1.73 bits per heavy atom. The SMILES string of the molecule is COc1ccc(C)cc1NC(=O)N1CCc2cc(OC)c(OC)cc2C1CC(=O)O. The third-order valence-corrected chi connectivity index (χ3v) is 5.23. The summed E-state index contributed by atoms with van der Waals surface area (Å²) < 4.78 is 16.1. The maximum atomic E-state index is 13.1. The van der Waals surface area contributed by atoms with Gasteiger partial charge in [0.15, 0.2) is 11.5 Å². The Morgan fingerprint density at radius 3 is 2.37 bits per heavy atom. The summed E-state index contributed by atoms with van der Waals surface area (Å²) in [5.41, 5.74) is 3.19. The van der Waals surface area contributed by atoms with Crippen molar-refractivity contribution in [1.29, 1.82) is 0 Å². The number of benzene rings is 2. The largest absolute Gasteiger partial charge is 0.495 e. The van der Waals surface area contributed by atoms with Gasteiger partial charge in [-0.05, 0) is 54.3 Å². The molecule has 1 unspecified atom stereocenters. The Bertz CT molecular complexity index is 959. The highest BCUT2D eigenvalue weighted by molar-refractivity contribution is 5.92. The molecule has 0 aliphatic carbocycles. The molecule has 30 heavy (non-hydrogen) atoms. The number of hydrogen-bond donors (Lipinski definition) is 2. The fraction of sp³-hybridized carbons (Fsp3) is 0.364. The predicted octanol–water partition coefficient (Wildman–Crippen LogP) is 3.63. The van der Waals surface area contributed by atoms with Crippen LogP contribution in [0.5, 0.6) is 17.2 Å². The van der Waals surface area contributed by atoms with Crippen LogP contribution in [0.4, 0.5) is 10.5 Å². The molecule has 0 saturated carbocycles. The first-order chi connectivity index (χ1) is 14.4. The van der Waals surface area contributed by atoms with Crippen molar-refractivity contribution in [2.24, 2.45) is 0 Å². The third-order valence-electron chi connectivity index (χ3n) is 5.23. The minimum absolute atomic E-state index is 0.221. The van der Waals surface area contributed by atoms with E-state index in [0.29, 0.717) is 35.9 Å². The van der Waals surface area contributed by atoms with E-state index in [1.807, 2.05) is 25.1 Å². The summed E-state index contributed by atoms with van der Waals surface area (Å²) in [5, 5.41) is 12.4. The normalized spacial score (nSPS) is 15.2. The van der Waals surface area contributed by atoms with E-state index in [-0.39, 0.29) is 12.5 Å². The van der Waals surface area contributed by atoms with E-state index in [0.717, 1.165) is 16.7 Å². The zero-order valence-electron chi connectivity index (χ0n) is 17.5. The lowest BCUT2D eigenvalue weighted by molar-refractivity contribution is -0.138. The highest BCUT2D eigenvalue weighted by atomic mass is 16.5. The van der Waals surface area contributed by atoms with Gasteiger partial charge in [0.05, 0.1) is 39.5 Å². The Kier molecular flexibility index (Phi) is 6.34. The van der Waals surface area contributed by atoms with Gasteiger partial charge in [-0.1, -0.05) is 6.07 Å². The molecule has 2 amide bonds. The van der Waals surface area contributed by atoms with Crippen molar-refractivity contribution in [2.75, 3.05) is 33.2 Å². The van der Waals surface area contributed by atoms with Crippen molar-refractivity contribution in [3.05, 3.63) is 47.0 Å². The summed E-state index contributed by atoms with van der Waals surface area (Å²) >= 11 is 0. The number of aliphatic carboxylic acids is 1. The molecule has 1 aliphatic heterocycles. The Hall–Kier alpha value is -3.42. The summed E-state index contributed by atoms with van der Waals surface area (Å²) in [6.45, 7) is 2.29. The summed E-state index contributed by atoms with van der Waals surface area (Å²) in [6.07, 6.45) is 0.352. The highest BCUT2D eigenvalue weighted by Gasteiger charge is 2.34. The molecule has 160 valence electrons. The van der Waals surface area contributed by atoms with Crippen LogP contribution < -0.4 is 19.5 Å². The number of ether oxygens (including phenoxy) is 3. The molecule has 0 aromatic heterocycles. The average Bonchev–Trinajstić information content (AvgIpc) is 2.72. The van der Waals surface area contributed by atoms with Crippen LogP contribution in [0.1, 0.15) is 29.2 Å². The minimum atomic E-state index is -0.992. The standard InChI is InChI=1S/C22H26N2O6/c1-13-5-6-18(28-2)16(9-13)23-22(27)24-8-7-14-10-19(29-3)20(30-4)11-15(14)17(24)12-21(25)26/h5-6,9-11,17H,7-8,12H2,1-4H3,(H,23,27)(H,25,26). The number of amides is 2. The van der Waals surface area contributed by atoms with Gasteiger partial charge in [0.1, 0.15) is 5.75 Å². The van der Waals surface area contributed by atoms with Crippen LogP contribution in [0, 0.1) is 6.92 Å². The van der Waals surface area contributed by atoms with E-state index < -0.39 is 12.0 Å². The van der Waals surface area contributed by atoms with Crippen molar-refractivity contribution >= 4 is 17.7 Å². The van der Waals surface area contributed by atoms with Gasteiger partial charge in [-0.3, -0.25) is 4.79 Å². The van der Waals surface area contributed by atoms with E-state index in [9.17, 15) is 14.7 Å². The number of aryl methyl sites for hydroxylation is 1. The lowest BCUT2D eigenvalue weighted by atomic mass is 9.90. The van der Waals surface area contributed by atoms with Crippen LogP contribution in [0.15, 0.2) is 30.3 Å². The monoisotopic (exact) mass is 414 g/mol. The zero-order valence-corrected chi connectivity index (χ0v) is 17.5. The number of nitrogens with zero attached hydrogens (tertiary/aromatic N) is 1. The second-order valence-electron chi connectivity index (χ2n) is 7.10. The first-order valence-corrected chi connectivity index (χ1v) is 9.56. The van der Waals surface area contributed by atoms with Gasteiger partial charge in [-0.25, -0.2) is 4.79 Å². The third kappa shape index (κ3) is 4.27. The Balaban J connectivity index is 1.96. The molecule has 1 heterocycles. The van der Waals surface area contributed by atoms with E-state index in [2.05, 4.69) is 5.32 Å². The molecule has 0 fully saturated rings. The summed E-state index contributed by atoms with van der Waals surface area (Å²) in [7, 11) is 4.61. The van der Waals surface area contributed by atoms with Crippen molar-refractivity contribution in [3.63, 3.8) is 0 Å². The van der Waals surface area contributed by atoms with Gasteiger partial charge in [0.2, 0.25) is 0 Å². The molecular weight excluding hydrogens is 388 g/mol.